The van der Waals surface area contributed by atoms with E-state index in [9.17, 15) is 8.42 Å². The molecular weight excluding hydrogens is 352 g/mol. The van der Waals surface area contributed by atoms with Gasteiger partial charge in [-0.25, -0.2) is 8.42 Å². The topological polar surface area (TPSA) is 122 Å². The molecule has 1 rings (SSSR count). The summed E-state index contributed by atoms with van der Waals surface area (Å²) in [6.07, 6.45) is 0. The number of amidine groups is 1. The summed E-state index contributed by atoms with van der Waals surface area (Å²) in [5.41, 5.74) is 10.2. The molecule has 0 spiro atoms. The van der Waals surface area contributed by atoms with Crippen molar-refractivity contribution in [1.29, 1.82) is 5.41 Å². The first-order valence-corrected chi connectivity index (χ1v) is 8.53. The number of aliphatic imine (C=N–C) groups is 1. The molecule has 1 aromatic rings. The summed E-state index contributed by atoms with van der Waals surface area (Å²) in [6.45, 7) is 0. The molecule has 0 aromatic heterocycles. The van der Waals surface area contributed by atoms with Crippen LogP contribution >= 0.6 is 27.7 Å². The lowest BCUT2D eigenvalue weighted by Gasteiger charge is -2.04. The van der Waals surface area contributed by atoms with Crippen molar-refractivity contribution in [3.05, 3.63) is 28.7 Å². The highest BCUT2D eigenvalue weighted by atomic mass is 79.9. The first-order valence-electron chi connectivity index (χ1n) is 5.10. The lowest BCUT2D eigenvalue weighted by molar-refractivity contribution is 0.597. The maximum atomic E-state index is 12.0. The number of benzene rings is 1. The first-order chi connectivity index (χ1) is 8.81. The number of thioether (sulfide) groups is 1. The van der Waals surface area contributed by atoms with Gasteiger partial charge >= 0.3 is 0 Å². The van der Waals surface area contributed by atoms with Gasteiger partial charge in [0.2, 0.25) is 0 Å². The summed E-state index contributed by atoms with van der Waals surface area (Å²) in [5, 5.41) is 7.27. The molecule has 0 aliphatic rings. The van der Waals surface area contributed by atoms with Crippen molar-refractivity contribution in [1.82, 2.24) is 0 Å². The lowest BCUT2D eigenvalue weighted by Crippen LogP contribution is -2.23. The van der Waals surface area contributed by atoms with Crippen LogP contribution in [0.5, 0.6) is 0 Å². The van der Waals surface area contributed by atoms with E-state index in [0.29, 0.717) is 0 Å². The van der Waals surface area contributed by atoms with E-state index >= 15 is 0 Å². The van der Waals surface area contributed by atoms with Crippen LogP contribution in [0.2, 0.25) is 0 Å². The van der Waals surface area contributed by atoms with E-state index in [1.807, 2.05) is 0 Å². The number of guanidine groups is 1. The van der Waals surface area contributed by atoms with Gasteiger partial charge in [-0.15, -0.1) is 0 Å². The predicted molar refractivity (Wildman–Crippen MR) is 82.2 cm³/mol. The van der Waals surface area contributed by atoms with Crippen molar-refractivity contribution in [2.75, 3.05) is 11.5 Å². The maximum Gasteiger partial charge on any atom is 0.193 e. The molecule has 0 unspecified atom stereocenters. The fourth-order valence-corrected chi connectivity index (χ4v) is 3.78. The number of hydrogen-bond donors (Lipinski definition) is 3. The molecule has 9 heteroatoms. The summed E-state index contributed by atoms with van der Waals surface area (Å²) in [7, 11) is -3.35. The fourth-order valence-electron chi connectivity index (χ4n) is 1.16. The zero-order valence-corrected chi connectivity index (χ0v) is 13.1. The van der Waals surface area contributed by atoms with Crippen LogP contribution in [0.3, 0.4) is 0 Å². The molecule has 6 nitrogen and oxygen atoms in total. The van der Waals surface area contributed by atoms with E-state index in [4.69, 9.17) is 16.9 Å². The molecule has 0 amide bonds. The number of rotatable bonds is 4. The third-order valence-corrected chi connectivity index (χ3v) is 5.29. The first kappa shape index (κ1) is 16.0. The minimum absolute atomic E-state index is 0.0817. The number of nitrogens with one attached hydrogen (secondary N) is 1. The van der Waals surface area contributed by atoms with Gasteiger partial charge < -0.3 is 11.5 Å². The van der Waals surface area contributed by atoms with Crippen LogP contribution in [0.4, 0.5) is 0 Å². The van der Waals surface area contributed by atoms with Crippen LogP contribution < -0.4 is 11.5 Å². The average molecular weight is 365 g/mol. The van der Waals surface area contributed by atoms with E-state index in [0.717, 1.165) is 16.2 Å². The van der Waals surface area contributed by atoms with Crippen LogP contribution in [-0.2, 0) is 9.84 Å². The Kier molecular flexibility index (Phi) is 5.83. The van der Waals surface area contributed by atoms with Crippen LogP contribution in [0, 0.1) is 5.41 Å². The number of sulfone groups is 1. The van der Waals surface area contributed by atoms with Crippen molar-refractivity contribution in [3.63, 3.8) is 0 Å². The molecule has 0 bridgehead atoms. The molecule has 0 radical (unpaired) electrons. The van der Waals surface area contributed by atoms with Crippen molar-refractivity contribution in [2.45, 2.75) is 4.90 Å². The maximum absolute atomic E-state index is 12.0. The van der Waals surface area contributed by atoms with E-state index in [1.165, 1.54) is 12.1 Å². The highest BCUT2D eigenvalue weighted by Gasteiger charge is 2.14. The molecule has 0 aliphatic heterocycles. The highest BCUT2D eigenvalue weighted by molar-refractivity contribution is 9.10. The van der Waals surface area contributed by atoms with Crippen molar-refractivity contribution in [2.24, 2.45) is 16.5 Å². The van der Waals surface area contributed by atoms with Crippen molar-refractivity contribution < 1.29 is 8.42 Å². The molecule has 0 saturated heterocycles. The summed E-state index contributed by atoms with van der Waals surface area (Å²) in [5.74, 6) is -0.0800. The minimum Gasteiger partial charge on any atom is -0.370 e. The zero-order chi connectivity index (χ0) is 14.5. The normalized spacial score (nSPS) is 11.0. The van der Waals surface area contributed by atoms with Gasteiger partial charge in [0.05, 0.1) is 10.6 Å². The summed E-state index contributed by atoms with van der Waals surface area (Å²) >= 11 is 4.22. The van der Waals surface area contributed by atoms with Crippen LogP contribution in [-0.4, -0.2) is 31.1 Å². The van der Waals surface area contributed by atoms with E-state index in [-0.39, 0.29) is 27.5 Å². The largest absolute Gasteiger partial charge is 0.370 e. The van der Waals surface area contributed by atoms with Gasteiger partial charge in [-0.1, -0.05) is 27.7 Å². The van der Waals surface area contributed by atoms with Crippen LogP contribution in [0.25, 0.3) is 0 Å². The number of nitrogens with two attached hydrogens (primary N) is 2. The summed E-state index contributed by atoms with van der Waals surface area (Å²) < 4.78 is 24.7. The van der Waals surface area contributed by atoms with Crippen LogP contribution in [0.1, 0.15) is 0 Å². The van der Waals surface area contributed by atoms with Gasteiger partial charge in [0.25, 0.3) is 0 Å². The number of hydrogen-bond acceptors (Lipinski definition) is 4. The molecule has 0 atom stereocenters. The minimum atomic E-state index is -3.35. The third-order valence-electron chi connectivity index (χ3n) is 1.99. The number of halogens is 1. The molecule has 19 heavy (non-hydrogen) atoms. The Balaban J connectivity index is 2.59. The van der Waals surface area contributed by atoms with Gasteiger partial charge in [0.15, 0.2) is 21.0 Å². The molecule has 104 valence electrons. The second kappa shape index (κ2) is 6.92. The average Bonchev–Trinajstić information content (AvgIpc) is 2.28. The third kappa shape index (κ3) is 5.62. The second-order valence-corrected chi connectivity index (χ2v) is 7.57. The van der Waals surface area contributed by atoms with E-state index < -0.39 is 9.84 Å². The van der Waals surface area contributed by atoms with Gasteiger partial charge in [0.1, 0.15) is 0 Å². The smallest absolute Gasteiger partial charge is 0.193 e. The van der Waals surface area contributed by atoms with Gasteiger partial charge in [-0.3, -0.25) is 5.41 Å². The van der Waals surface area contributed by atoms with Crippen molar-refractivity contribution >= 4 is 48.7 Å². The Morgan fingerprint density at radius 1 is 1.32 bits per heavy atom. The molecular formula is C10H13BrN4O2S2. The second-order valence-electron chi connectivity index (χ2n) is 3.46. The Labute approximate surface area is 124 Å². The van der Waals surface area contributed by atoms with Crippen LogP contribution in [0.15, 0.2) is 38.6 Å². The molecule has 0 heterocycles. The van der Waals surface area contributed by atoms with Crippen molar-refractivity contribution in [3.8, 4) is 0 Å². The van der Waals surface area contributed by atoms with Gasteiger partial charge in [-0.2, -0.15) is 4.99 Å². The SMILES string of the molecule is N=C(N=C(N)N)SCCS(=O)(=O)c1ccc(Br)cc1. The predicted octanol–water partition coefficient (Wildman–Crippen LogP) is 1.16. The lowest BCUT2D eigenvalue weighted by atomic mass is 10.4. The Bertz CT molecular complexity index is 580. The molecule has 0 aliphatic carbocycles. The van der Waals surface area contributed by atoms with E-state index in [2.05, 4.69) is 20.9 Å². The summed E-state index contributed by atoms with van der Waals surface area (Å²) in [4.78, 5) is 3.75. The Morgan fingerprint density at radius 3 is 2.42 bits per heavy atom. The molecule has 1 aromatic carbocycles. The monoisotopic (exact) mass is 364 g/mol. The number of nitrogens with zero attached hydrogens (tertiary/aromatic N) is 1. The Morgan fingerprint density at radius 2 is 1.89 bits per heavy atom. The van der Waals surface area contributed by atoms with E-state index in [1.54, 1.807) is 12.1 Å². The Hall–Kier alpha value is -1.06. The highest BCUT2D eigenvalue weighted by Crippen LogP contribution is 2.17. The molecule has 0 fully saturated rings. The zero-order valence-electron chi connectivity index (χ0n) is 9.84. The quantitative estimate of drug-likeness (QED) is 0.546. The fraction of sp³-hybridized carbons (Fsp3) is 0.200. The summed E-state index contributed by atoms with van der Waals surface area (Å²) in [6, 6.07) is 6.40. The molecule has 0 saturated carbocycles. The van der Waals surface area contributed by atoms with Gasteiger partial charge in [0, 0.05) is 10.2 Å². The standard InChI is InChI=1S/C10H13BrN4O2S2/c11-7-1-3-8(4-2-7)19(16,17)6-5-18-10(14)15-9(12)13/h1-4H,5-6H2,(H5,12,13,14,15). The van der Waals surface area contributed by atoms with Gasteiger partial charge in [-0.05, 0) is 24.3 Å². The molecule has 5 N–H and O–H groups in total.